The van der Waals surface area contributed by atoms with E-state index < -0.39 is 0 Å². The molecule has 0 saturated carbocycles. The van der Waals surface area contributed by atoms with Gasteiger partial charge < -0.3 is 5.32 Å². The summed E-state index contributed by atoms with van der Waals surface area (Å²) in [5.74, 6) is 0.641. The molecule has 1 aliphatic rings. The normalized spacial score (nSPS) is 17.6. The first-order valence-electron chi connectivity index (χ1n) is 6.68. The van der Waals surface area contributed by atoms with Crippen molar-refractivity contribution in [3.05, 3.63) is 64.4 Å². The lowest BCUT2D eigenvalue weighted by molar-refractivity contribution is 0.631. The van der Waals surface area contributed by atoms with Crippen molar-refractivity contribution in [2.45, 2.75) is 12.5 Å². The molecule has 1 atom stereocenters. The molecule has 3 rings (SSSR count). The lowest BCUT2D eigenvalue weighted by atomic mass is 10.1. The Kier molecular flexibility index (Phi) is 4.60. The van der Waals surface area contributed by atoms with Crippen molar-refractivity contribution in [1.82, 2.24) is 0 Å². The first-order valence-corrected chi connectivity index (χ1v) is 8.46. The number of aliphatic imine (C=N–C) groups is 1. The first-order chi connectivity index (χ1) is 10.2. The first kappa shape index (κ1) is 14.6. The van der Waals surface area contributed by atoms with Crippen molar-refractivity contribution >= 4 is 38.5 Å². The summed E-state index contributed by atoms with van der Waals surface area (Å²) in [5, 5.41) is 3.86. The van der Waals surface area contributed by atoms with E-state index >= 15 is 0 Å². The van der Waals surface area contributed by atoms with Gasteiger partial charge in [0.05, 0.1) is 11.7 Å². The highest BCUT2D eigenvalue weighted by molar-refractivity contribution is 9.10. The van der Waals surface area contributed by atoms with Gasteiger partial charge in [-0.15, -0.1) is 0 Å². The summed E-state index contributed by atoms with van der Waals surface area (Å²) in [6.07, 6.45) is 0.914. The van der Waals surface area contributed by atoms with E-state index in [9.17, 15) is 4.39 Å². The highest BCUT2D eigenvalue weighted by atomic mass is 79.9. The van der Waals surface area contributed by atoms with E-state index in [1.807, 2.05) is 24.3 Å². The molecule has 0 fully saturated rings. The van der Waals surface area contributed by atoms with Gasteiger partial charge >= 0.3 is 0 Å². The maximum atomic E-state index is 13.8. The van der Waals surface area contributed by atoms with Crippen LogP contribution in [0.1, 0.15) is 5.56 Å². The van der Waals surface area contributed by atoms with E-state index in [0.717, 1.165) is 17.3 Å². The van der Waals surface area contributed by atoms with Crippen molar-refractivity contribution in [1.29, 1.82) is 0 Å². The summed E-state index contributed by atoms with van der Waals surface area (Å²) in [6.45, 7) is 0. The van der Waals surface area contributed by atoms with Crippen LogP contribution < -0.4 is 5.32 Å². The van der Waals surface area contributed by atoms with Crippen molar-refractivity contribution in [3.8, 4) is 0 Å². The summed E-state index contributed by atoms with van der Waals surface area (Å²) in [4.78, 5) is 4.64. The topological polar surface area (TPSA) is 24.4 Å². The van der Waals surface area contributed by atoms with E-state index in [4.69, 9.17) is 0 Å². The Morgan fingerprint density at radius 2 is 2.00 bits per heavy atom. The molecule has 0 spiro atoms. The number of halogens is 2. The quantitative estimate of drug-likeness (QED) is 0.852. The number of rotatable bonds is 3. The van der Waals surface area contributed by atoms with Crippen molar-refractivity contribution in [2.75, 3.05) is 11.1 Å². The number of nitrogens with one attached hydrogen (secondary N) is 1. The van der Waals surface area contributed by atoms with E-state index in [0.29, 0.717) is 10.2 Å². The second-order valence-electron chi connectivity index (χ2n) is 4.81. The molecular weight excluding hydrogens is 351 g/mol. The molecule has 5 heteroatoms. The van der Waals surface area contributed by atoms with Crippen LogP contribution in [0.25, 0.3) is 0 Å². The largest absolute Gasteiger partial charge is 0.332 e. The highest BCUT2D eigenvalue weighted by Crippen LogP contribution is 2.29. The second-order valence-corrected chi connectivity index (χ2v) is 6.67. The Hall–Kier alpha value is -1.33. The molecule has 21 heavy (non-hydrogen) atoms. The Balaban J connectivity index is 1.69. The van der Waals surface area contributed by atoms with Crippen LogP contribution in [-0.4, -0.2) is 17.0 Å². The third kappa shape index (κ3) is 3.66. The minimum absolute atomic E-state index is 0.241. The van der Waals surface area contributed by atoms with Crippen LogP contribution in [0.15, 0.2) is 58.0 Å². The SMILES string of the molecule is Fc1cccc(Br)c1NC1=NC(Cc2ccccc2)CS1. The van der Waals surface area contributed by atoms with Crippen LogP contribution in [0.2, 0.25) is 0 Å². The molecule has 0 amide bonds. The summed E-state index contributed by atoms with van der Waals surface area (Å²) in [7, 11) is 0. The zero-order valence-electron chi connectivity index (χ0n) is 11.2. The number of hydrogen-bond donors (Lipinski definition) is 1. The molecule has 108 valence electrons. The third-order valence-electron chi connectivity index (χ3n) is 3.22. The summed E-state index contributed by atoms with van der Waals surface area (Å²) < 4.78 is 14.5. The van der Waals surface area contributed by atoms with E-state index in [2.05, 4.69) is 38.4 Å². The highest BCUT2D eigenvalue weighted by Gasteiger charge is 2.20. The number of anilines is 1. The van der Waals surface area contributed by atoms with Crippen molar-refractivity contribution < 1.29 is 4.39 Å². The van der Waals surface area contributed by atoms with Crippen LogP contribution in [0.4, 0.5) is 10.1 Å². The van der Waals surface area contributed by atoms with E-state index in [1.54, 1.807) is 17.8 Å². The van der Waals surface area contributed by atoms with E-state index in [-0.39, 0.29) is 11.9 Å². The summed E-state index contributed by atoms with van der Waals surface area (Å²) in [5.41, 5.74) is 1.73. The van der Waals surface area contributed by atoms with Crippen LogP contribution in [0.5, 0.6) is 0 Å². The average molecular weight is 365 g/mol. The molecule has 0 aromatic heterocycles. The lowest BCUT2D eigenvalue weighted by Crippen LogP contribution is -2.09. The molecule has 0 bridgehead atoms. The number of para-hydroxylation sites is 1. The lowest BCUT2D eigenvalue weighted by Gasteiger charge is -2.08. The summed E-state index contributed by atoms with van der Waals surface area (Å²) >= 11 is 4.99. The van der Waals surface area contributed by atoms with Crippen LogP contribution in [-0.2, 0) is 6.42 Å². The molecule has 0 saturated heterocycles. The maximum absolute atomic E-state index is 13.8. The summed E-state index contributed by atoms with van der Waals surface area (Å²) in [6, 6.07) is 15.5. The van der Waals surface area contributed by atoms with Gasteiger partial charge in [0.15, 0.2) is 5.17 Å². The minimum Gasteiger partial charge on any atom is -0.332 e. The minimum atomic E-state index is -0.279. The molecule has 1 heterocycles. The number of thioether (sulfide) groups is 1. The monoisotopic (exact) mass is 364 g/mol. The molecule has 2 aromatic carbocycles. The van der Waals surface area contributed by atoms with Gasteiger partial charge in [-0.25, -0.2) is 4.39 Å². The number of amidine groups is 1. The second kappa shape index (κ2) is 6.62. The van der Waals surface area contributed by atoms with Crippen molar-refractivity contribution in [3.63, 3.8) is 0 Å². The van der Waals surface area contributed by atoms with E-state index in [1.165, 1.54) is 11.6 Å². The Labute approximate surface area is 136 Å². The molecule has 1 aliphatic heterocycles. The van der Waals surface area contributed by atoms with Gasteiger partial charge in [0.25, 0.3) is 0 Å². The maximum Gasteiger partial charge on any atom is 0.161 e. The van der Waals surface area contributed by atoms with Crippen LogP contribution >= 0.6 is 27.7 Å². The van der Waals surface area contributed by atoms with Crippen molar-refractivity contribution in [2.24, 2.45) is 4.99 Å². The Morgan fingerprint density at radius 1 is 1.19 bits per heavy atom. The standard InChI is InChI=1S/C16H14BrFN2S/c17-13-7-4-8-14(18)15(13)20-16-19-12(10-21-16)9-11-5-2-1-3-6-11/h1-8,12H,9-10H2,(H,19,20). The van der Waals surface area contributed by atoms with Gasteiger partial charge in [-0.3, -0.25) is 4.99 Å². The Morgan fingerprint density at radius 3 is 2.76 bits per heavy atom. The fraction of sp³-hybridized carbons (Fsp3) is 0.188. The van der Waals surface area contributed by atoms with Gasteiger partial charge in [0.1, 0.15) is 5.82 Å². The van der Waals surface area contributed by atoms with Gasteiger partial charge in [0.2, 0.25) is 0 Å². The van der Waals surface area contributed by atoms with Gasteiger partial charge in [-0.1, -0.05) is 48.2 Å². The molecule has 1 N–H and O–H groups in total. The molecule has 2 nitrogen and oxygen atoms in total. The smallest absolute Gasteiger partial charge is 0.161 e. The van der Waals surface area contributed by atoms with Crippen LogP contribution in [0.3, 0.4) is 0 Å². The molecule has 1 unspecified atom stereocenters. The Bertz CT molecular complexity index is 640. The molecule has 0 aliphatic carbocycles. The number of benzene rings is 2. The third-order valence-corrected chi connectivity index (χ3v) is 4.91. The van der Waals surface area contributed by atoms with Gasteiger partial charge in [-0.2, -0.15) is 0 Å². The molecule has 2 aromatic rings. The predicted molar refractivity (Wildman–Crippen MR) is 91.5 cm³/mol. The fourth-order valence-corrected chi connectivity index (χ4v) is 3.58. The fourth-order valence-electron chi connectivity index (χ4n) is 2.20. The zero-order valence-corrected chi connectivity index (χ0v) is 13.6. The number of nitrogens with zero attached hydrogens (tertiary/aromatic N) is 1. The van der Waals surface area contributed by atoms with Gasteiger partial charge in [0, 0.05) is 10.2 Å². The van der Waals surface area contributed by atoms with Gasteiger partial charge in [-0.05, 0) is 40.0 Å². The average Bonchev–Trinajstić information content (AvgIpc) is 2.91. The predicted octanol–water partition coefficient (Wildman–Crippen LogP) is 4.71. The zero-order chi connectivity index (χ0) is 14.7. The molecular formula is C16H14BrFN2S. The number of hydrogen-bond acceptors (Lipinski definition) is 3. The van der Waals surface area contributed by atoms with Crippen LogP contribution in [0, 0.1) is 5.82 Å². The molecule has 0 radical (unpaired) electrons.